The van der Waals surface area contributed by atoms with Crippen LogP contribution in [0, 0.1) is 70.2 Å². The van der Waals surface area contributed by atoms with E-state index in [-0.39, 0.29) is 146 Å². The quantitative estimate of drug-likeness (QED) is 0.0101. The molecule has 1 aliphatic rings. The van der Waals surface area contributed by atoms with Crippen molar-refractivity contribution < 1.29 is 101 Å². The second-order valence-electron chi connectivity index (χ2n) is 30.3. The lowest BCUT2D eigenvalue weighted by Crippen LogP contribution is -2.48. The molecule has 6 aromatic carbocycles. The summed E-state index contributed by atoms with van der Waals surface area (Å²) in [5, 5.41) is 47.5. The molecular weight excluding hydrogens is 3890 g/mol. The third kappa shape index (κ3) is 34.1. The number of aliphatic hydroxyl groups excluding tert-OH is 2. The number of piperidine rings is 1. The number of hydrogen-bond donors (Lipinski definition) is 14. The SMILES string of the molecule is CC(=O)c1c(I)c(NC(=O)CNC(=O)c2c(I)c(C(C)=O)c(I)c(N(C)C(C)=O)c2I)c(I)c(C(=O)NCCO)c1I.CNC(=O)c1c(I)c(C(=O)NCC(=O)Nc2c(I)c(C(C)=O)c(I)c(C(=O)NCCO)c2I)c(I)c(N(C)C(C)=O)c1I.CNC(=O)c1c(I)c(C(=O)NCC(=O)Nc2c(I)c(C(C)=O)c(I)c(C(C)=O)c2I)c(I)c(N(C)C(C)=O)c1I.CNC(CCCCN)C(=O)N1CCC(C)CC1. The fourth-order valence-corrected chi connectivity index (χ4v) is 42.2. The third-order valence-corrected chi connectivity index (χ3v) is 39.8. The molecule has 15 N–H and O–H groups in total. The van der Waals surface area contributed by atoms with Crippen molar-refractivity contribution in [2.45, 2.75) is 100 Å². The molecule has 55 heteroatoms. The number of rotatable bonds is 34. The molecule has 1 fully saturated rings. The van der Waals surface area contributed by atoms with Gasteiger partial charge in [0.15, 0.2) is 28.9 Å². The molecule has 0 saturated carbocycles. The Bertz CT molecular complexity index is 6080. The number of likely N-dealkylation sites (tertiary alicyclic amines) is 1. The van der Waals surface area contributed by atoms with E-state index in [0.717, 1.165) is 51.1 Å². The summed E-state index contributed by atoms with van der Waals surface area (Å²) in [6, 6.07) is -0.0186. The number of halogens is 18. The normalized spacial score (nSPS) is 11.6. The minimum Gasteiger partial charge on any atom is -0.395 e. The maximum absolute atomic E-state index is 13.5. The van der Waals surface area contributed by atoms with E-state index in [4.69, 9.17) is 15.9 Å². The van der Waals surface area contributed by atoms with E-state index in [9.17, 15) is 91.1 Å². The molecule has 7 rings (SSSR count). The van der Waals surface area contributed by atoms with Gasteiger partial charge in [-0.15, -0.1) is 0 Å². The average Bonchev–Trinajstić information content (AvgIpc) is 0.833. The van der Waals surface area contributed by atoms with Crippen molar-refractivity contribution in [1.82, 2.24) is 47.4 Å². The summed E-state index contributed by atoms with van der Waals surface area (Å²) in [5.41, 5.74) is 10.1. The summed E-state index contributed by atoms with van der Waals surface area (Å²) in [6.45, 7) is 13.8. The first-order chi connectivity index (χ1) is 66.2. The first-order valence-electron chi connectivity index (χ1n) is 41.3. The van der Waals surface area contributed by atoms with Crippen LogP contribution in [0.4, 0.5) is 34.1 Å². The summed E-state index contributed by atoms with van der Waals surface area (Å²) >= 11 is 34.8. The van der Waals surface area contributed by atoms with Crippen LogP contribution >= 0.6 is 407 Å². The largest absolute Gasteiger partial charge is 0.395 e. The van der Waals surface area contributed by atoms with Crippen molar-refractivity contribution in [2.24, 2.45) is 11.7 Å². The van der Waals surface area contributed by atoms with Crippen molar-refractivity contribution in [3.05, 3.63) is 131 Å². The summed E-state index contributed by atoms with van der Waals surface area (Å²) in [6.07, 6.45) is 5.22. The van der Waals surface area contributed by atoms with Gasteiger partial charge in [0.1, 0.15) is 0 Å². The van der Waals surface area contributed by atoms with Crippen LogP contribution in [0.25, 0.3) is 0 Å². The second-order valence-corrected chi connectivity index (χ2v) is 49.7. The van der Waals surface area contributed by atoms with Gasteiger partial charge in [-0.1, -0.05) is 13.3 Å². The minimum absolute atomic E-state index is 0.00178. The van der Waals surface area contributed by atoms with Crippen molar-refractivity contribution in [1.29, 1.82) is 0 Å². The molecule has 772 valence electrons. The summed E-state index contributed by atoms with van der Waals surface area (Å²) in [5.74, 6) is -6.91. The Labute approximate surface area is 1060 Å². The van der Waals surface area contributed by atoms with Crippen LogP contribution in [0.15, 0.2) is 0 Å². The van der Waals surface area contributed by atoms with Gasteiger partial charge in [0.2, 0.25) is 41.4 Å². The first kappa shape index (κ1) is 134. The minimum atomic E-state index is -0.649. The zero-order chi connectivity index (χ0) is 109. The van der Waals surface area contributed by atoms with E-state index < -0.39 is 78.7 Å². The van der Waals surface area contributed by atoms with Gasteiger partial charge in [0.05, 0.1) is 137 Å². The number of ketones is 5. The number of amides is 14. The topological polar surface area (TPSA) is 536 Å². The number of unbranched alkanes of at least 4 members (excludes halogenated alkanes) is 1. The number of aliphatic hydroxyl groups is 2. The molecule has 1 unspecified atom stereocenters. The summed E-state index contributed by atoms with van der Waals surface area (Å²) in [4.78, 5) is 248. The second kappa shape index (κ2) is 62.7. The number of anilines is 6. The molecule has 1 saturated heterocycles. The number of Topliss-reactive ketones (excluding diaryl/α,β-unsaturated/α-hetero) is 5. The molecule has 1 heterocycles. The van der Waals surface area contributed by atoms with Gasteiger partial charge in [-0.3, -0.25) is 91.1 Å². The molecular formula is C87H92I18N16O21. The van der Waals surface area contributed by atoms with Crippen LogP contribution in [-0.4, -0.2) is 241 Å². The van der Waals surface area contributed by atoms with Crippen molar-refractivity contribution in [3.63, 3.8) is 0 Å². The molecule has 0 aliphatic carbocycles. The van der Waals surface area contributed by atoms with E-state index in [2.05, 4.69) is 65.4 Å². The molecule has 14 amide bonds. The number of nitrogens with one attached hydrogen (secondary N) is 11. The fourth-order valence-electron chi connectivity index (χ4n) is 13.0. The molecule has 1 aliphatic heterocycles. The fraction of sp³-hybridized carbons (Fsp3) is 0.368. The zero-order valence-electron chi connectivity index (χ0n) is 77.6. The lowest BCUT2D eigenvalue weighted by Gasteiger charge is -2.33. The maximum Gasteiger partial charge on any atom is 0.253 e. The van der Waals surface area contributed by atoms with Crippen molar-refractivity contribution in [3.8, 4) is 0 Å². The predicted molar refractivity (Wildman–Crippen MR) is 694 cm³/mol. The van der Waals surface area contributed by atoms with Gasteiger partial charge in [0.25, 0.3) is 41.4 Å². The molecule has 0 spiro atoms. The van der Waals surface area contributed by atoms with E-state index in [1.165, 1.54) is 91.2 Å². The van der Waals surface area contributed by atoms with Gasteiger partial charge < -0.3 is 94.0 Å². The van der Waals surface area contributed by atoms with E-state index in [1.54, 1.807) is 14.1 Å². The Morgan fingerprint density at radius 2 is 0.549 bits per heavy atom. The monoisotopic (exact) mass is 3980 g/mol. The molecule has 0 aromatic heterocycles. The van der Waals surface area contributed by atoms with E-state index in [0.29, 0.717) is 110 Å². The number of benzene rings is 6. The number of carbonyl (C=O) groups is 19. The zero-order valence-corrected chi connectivity index (χ0v) is 116. The first-order valence-corrected chi connectivity index (χ1v) is 60.7. The molecule has 1 atom stereocenters. The highest BCUT2D eigenvalue weighted by Gasteiger charge is 2.38. The van der Waals surface area contributed by atoms with Gasteiger partial charge in [-0.05, 0) is 486 Å². The lowest BCUT2D eigenvalue weighted by atomic mass is 9.98. The Morgan fingerprint density at radius 3 is 0.782 bits per heavy atom. The summed E-state index contributed by atoms with van der Waals surface area (Å²) in [7, 11) is 9.43. The van der Waals surface area contributed by atoms with Crippen LogP contribution in [0.1, 0.15) is 219 Å². The highest BCUT2D eigenvalue weighted by molar-refractivity contribution is 14.1. The van der Waals surface area contributed by atoms with Crippen LogP contribution in [0.3, 0.4) is 0 Å². The molecule has 142 heavy (non-hydrogen) atoms. The summed E-state index contributed by atoms with van der Waals surface area (Å²) < 4.78 is 7.81. The van der Waals surface area contributed by atoms with Crippen LogP contribution in [0.5, 0.6) is 0 Å². The van der Waals surface area contributed by atoms with E-state index in [1.807, 2.05) is 419 Å². The van der Waals surface area contributed by atoms with Gasteiger partial charge in [-0.2, -0.15) is 0 Å². The Balaban J connectivity index is 0.000000410. The van der Waals surface area contributed by atoms with Gasteiger partial charge in [-0.25, -0.2) is 0 Å². The lowest BCUT2D eigenvalue weighted by molar-refractivity contribution is -0.135. The predicted octanol–water partition coefficient (Wildman–Crippen LogP) is 15.1. The van der Waals surface area contributed by atoms with Crippen molar-refractivity contribution >= 4 is 552 Å². The van der Waals surface area contributed by atoms with Crippen molar-refractivity contribution in [2.75, 3.05) is 139 Å². The molecule has 6 aromatic rings. The number of nitrogens with zero attached hydrogens (tertiary/aromatic N) is 4. The van der Waals surface area contributed by atoms with Crippen LogP contribution in [-0.2, 0) is 33.6 Å². The highest BCUT2D eigenvalue weighted by Crippen LogP contribution is 2.44. The third-order valence-electron chi connectivity index (χ3n) is 20.6. The average molecular weight is 3980 g/mol. The Kier molecular flexibility index (Phi) is 58.9. The van der Waals surface area contributed by atoms with Gasteiger partial charge >= 0.3 is 0 Å². The van der Waals surface area contributed by atoms with Crippen LogP contribution < -0.4 is 78.9 Å². The maximum atomic E-state index is 13.5. The van der Waals surface area contributed by atoms with Gasteiger partial charge in [0, 0.05) is 149 Å². The molecule has 0 radical (unpaired) electrons. The highest BCUT2D eigenvalue weighted by atomic mass is 127. The Hall–Kier alpha value is -0.770. The number of likely N-dealkylation sites (N-methyl/N-ethyl adjacent to an activating group) is 1. The number of hydrogen-bond acceptors (Lipinski definition) is 23. The van der Waals surface area contributed by atoms with Crippen LogP contribution in [0.2, 0.25) is 0 Å². The van der Waals surface area contributed by atoms with E-state index >= 15 is 0 Å². The Morgan fingerprint density at radius 1 is 0.331 bits per heavy atom. The number of nitrogens with two attached hydrogens (primary N) is 1. The smallest absolute Gasteiger partial charge is 0.253 e. The standard InChI is InChI=1S/C25H23I6N5O7.C25H22I6N4O7.C24H20I6N4O6.C13H27N3O/c1-8(38)11-15(26)12(24(42)33-5-6-37)18(29)21(17(11)28)35-10(40)7-34-25(43)14-16(27)13(23(41)32-3)19(30)22(20(14)31)36(4)9(2)39;1-8(37)12-16(26)14(24(41)32-5-6-36)19(29)22(18(12)28)34-11(40)7-33-25(42)15-17(27)13(9(2)38)20(30)23(21(15)31)35(4)10(3)39;1-7(35)11-15(25)12(8(2)36)18(28)21(17(11)27)33-10(38)6-32-24(40)14-16(26)13(23(39)31-4)19(29)22(20(14)30)34(5)9(3)37;1-11-6-9-16(10-7-11)13(17)12(15-2)5-3-4-8-14/h37H,5-7H2,1-4H3,(H,32,41)(H,33,42)(H,34,43)(H,35,40);36H,5-7H2,1-4H3,(H,32,41)(H,33,42)(H,34,40);6H2,1-5H3,(H,31,39)(H,32,40)(H,33,38);11-12,15H,3-10,14H2,1-2H3. The molecule has 37 nitrogen and oxygen atoms in total. The molecule has 0 bridgehead atoms. The number of carbonyl (C=O) groups excluding carboxylic acids is 19.